The van der Waals surface area contributed by atoms with Crippen molar-refractivity contribution in [2.75, 3.05) is 0 Å². The molecule has 4 nitrogen and oxygen atoms in total. The van der Waals surface area contributed by atoms with Crippen LogP contribution in [-0.4, -0.2) is 26.3 Å². The molecule has 4 aliphatic rings. The van der Waals surface area contributed by atoms with Crippen molar-refractivity contribution in [3.63, 3.8) is 0 Å². The van der Waals surface area contributed by atoms with E-state index in [1.807, 2.05) is 12.3 Å². The van der Waals surface area contributed by atoms with Gasteiger partial charge in [-0.2, -0.15) is 5.10 Å². The van der Waals surface area contributed by atoms with Gasteiger partial charge in [-0.3, -0.25) is 9.48 Å². The van der Waals surface area contributed by atoms with E-state index in [9.17, 15) is 9.90 Å². The summed E-state index contributed by atoms with van der Waals surface area (Å²) < 4.78 is 1.81. The third kappa shape index (κ3) is 3.43. The summed E-state index contributed by atoms with van der Waals surface area (Å²) in [6, 6.07) is 1.91. The van der Waals surface area contributed by atoms with Crippen LogP contribution in [0.25, 0.3) is 0 Å². The smallest absolute Gasteiger partial charge is 0.157 e. The number of hydrogen-bond acceptors (Lipinski definition) is 3. The molecule has 0 unspecified atom stereocenters. The number of fused-ring (bicyclic) bond motifs is 5. The van der Waals surface area contributed by atoms with Crippen LogP contribution in [-0.2, 0) is 11.3 Å². The Balaban J connectivity index is 1.38. The van der Waals surface area contributed by atoms with E-state index in [0.717, 1.165) is 31.1 Å². The van der Waals surface area contributed by atoms with E-state index in [-0.39, 0.29) is 11.3 Å². The van der Waals surface area contributed by atoms with Crippen LogP contribution in [0.5, 0.6) is 0 Å². The molecule has 172 valence electrons. The predicted octanol–water partition coefficient (Wildman–Crippen LogP) is 5.64. The van der Waals surface area contributed by atoms with Gasteiger partial charge in [0.25, 0.3) is 0 Å². The van der Waals surface area contributed by atoms with Gasteiger partial charge >= 0.3 is 0 Å². The van der Waals surface area contributed by atoms with Crippen molar-refractivity contribution in [3.8, 4) is 0 Å². The maximum absolute atomic E-state index is 13.3. The van der Waals surface area contributed by atoms with E-state index in [1.54, 1.807) is 10.9 Å². The van der Waals surface area contributed by atoms with Crippen molar-refractivity contribution in [3.05, 3.63) is 18.5 Å². The highest BCUT2D eigenvalue weighted by molar-refractivity contribution is 5.82. The molecule has 4 heteroatoms. The number of ketones is 1. The quantitative estimate of drug-likeness (QED) is 0.663. The normalized spacial score (nSPS) is 46.8. The third-order valence-corrected chi connectivity index (χ3v) is 10.6. The Labute approximate surface area is 188 Å². The summed E-state index contributed by atoms with van der Waals surface area (Å²) in [5, 5.41) is 15.1. The molecule has 5 rings (SSSR count). The number of hydrogen-bond donors (Lipinski definition) is 1. The fourth-order valence-electron chi connectivity index (χ4n) is 9.39. The number of carbonyl (C=O) groups excluding carboxylic acids is 1. The minimum absolute atomic E-state index is 0.172. The summed E-state index contributed by atoms with van der Waals surface area (Å²) in [6.45, 7) is 7.32. The predicted molar refractivity (Wildman–Crippen MR) is 122 cm³/mol. The summed E-state index contributed by atoms with van der Waals surface area (Å²) in [5.74, 6) is 3.59. The van der Waals surface area contributed by atoms with Crippen LogP contribution < -0.4 is 0 Å². The fourth-order valence-corrected chi connectivity index (χ4v) is 9.39. The van der Waals surface area contributed by atoms with E-state index in [4.69, 9.17) is 0 Å². The first kappa shape index (κ1) is 21.7. The molecule has 4 fully saturated rings. The largest absolute Gasteiger partial charge is 0.390 e. The molecule has 4 saturated carbocycles. The molecular weight excluding hydrogens is 384 g/mol. The first-order chi connectivity index (χ1) is 14.8. The lowest BCUT2D eigenvalue weighted by Crippen LogP contribution is -2.56. The van der Waals surface area contributed by atoms with Gasteiger partial charge in [-0.05, 0) is 112 Å². The molecule has 1 aromatic rings. The highest BCUT2D eigenvalue weighted by Crippen LogP contribution is 2.69. The summed E-state index contributed by atoms with van der Waals surface area (Å²) in [7, 11) is 0. The SMILES string of the molecule is CCC[C@]12CC[C@@](C)(O)C[C@@H]1CC[C@H]1[C@@H]3CC[C@H](C(=O)Cn4cccn4)[C@@]3(C)CC[C@@H]12. The third-order valence-electron chi connectivity index (χ3n) is 10.6. The molecule has 0 aromatic carbocycles. The average molecular weight is 427 g/mol. The van der Waals surface area contributed by atoms with Crippen molar-refractivity contribution in [1.29, 1.82) is 0 Å². The molecule has 0 spiro atoms. The second-order valence-electron chi connectivity index (χ2n) is 12.2. The van der Waals surface area contributed by atoms with E-state index >= 15 is 0 Å². The minimum atomic E-state index is -0.463. The van der Waals surface area contributed by atoms with Crippen molar-refractivity contribution >= 4 is 5.78 Å². The Morgan fingerprint density at radius 1 is 1.10 bits per heavy atom. The molecule has 1 N–H and O–H groups in total. The van der Waals surface area contributed by atoms with Gasteiger partial charge in [-0.15, -0.1) is 0 Å². The molecule has 0 aliphatic heterocycles. The Bertz CT molecular complexity index is 802. The van der Waals surface area contributed by atoms with Gasteiger partial charge in [-0.25, -0.2) is 0 Å². The van der Waals surface area contributed by atoms with Gasteiger partial charge in [0.05, 0.1) is 12.1 Å². The summed E-state index contributed by atoms with van der Waals surface area (Å²) in [5.41, 5.74) is 0.152. The van der Waals surface area contributed by atoms with E-state index < -0.39 is 5.60 Å². The monoisotopic (exact) mass is 426 g/mol. The van der Waals surface area contributed by atoms with Gasteiger partial charge in [0.2, 0.25) is 0 Å². The standard InChI is InChI=1S/C27H42N2O2/c1-4-11-27-14-13-25(2,31)17-19(27)6-7-20-21-8-9-23(26(21,3)12-10-22(20)27)24(30)18-29-16-5-15-28-29/h5,15-16,19-23,31H,4,6-14,17-18H2,1-3H3/t19-,20-,21-,22-,23+,25+,26-,27-/m0/s1. The maximum Gasteiger partial charge on any atom is 0.157 e. The lowest BCUT2D eigenvalue weighted by Gasteiger charge is -2.63. The van der Waals surface area contributed by atoms with Crippen molar-refractivity contribution in [2.45, 2.75) is 104 Å². The van der Waals surface area contributed by atoms with Crippen LogP contribution in [0.1, 0.15) is 91.4 Å². The van der Waals surface area contributed by atoms with Gasteiger partial charge < -0.3 is 5.11 Å². The van der Waals surface area contributed by atoms with Crippen LogP contribution in [0.3, 0.4) is 0 Å². The number of aliphatic hydroxyl groups is 1. The highest BCUT2D eigenvalue weighted by Gasteiger charge is 2.62. The molecule has 0 amide bonds. The van der Waals surface area contributed by atoms with Crippen molar-refractivity contribution < 1.29 is 9.90 Å². The molecule has 31 heavy (non-hydrogen) atoms. The van der Waals surface area contributed by atoms with Gasteiger partial charge in [0.15, 0.2) is 5.78 Å². The Morgan fingerprint density at radius 2 is 1.94 bits per heavy atom. The van der Waals surface area contributed by atoms with Crippen LogP contribution in [0.4, 0.5) is 0 Å². The first-order valence-electron chi connectivity index (χ1n) is 13.0. The topological polar surface area (TPSA) is 55.1 Å². The summed E-state index contributed by atoms with van der Waals surface area (Å²) in [6.07, 6.45) is 16.9. The Morgan fingerprint density at radius 3 is 2.68 bits per heavy atom. The molecule has 1 heterocycles. The Kier molecular flexibility index (Phi) is 5.39. The average Bonchev–Trinajstić information content (AvgIpc) is 3.35. The second-order valence-corrected chi connectivity index (χ2v) is 12.2. The fraction of sp³-hybridized carbons (Fsp3) is 0.852. The number of carbonyl (C=O) groups is 1. The van der Waals surface area contributed by atoms with E-state index in [2.05, 4.69) is 25.9 Å². The second kappa shape index (κ2) is 7.71. The maximum atomic E-state index is 13.3. The lowest BCUT2D eigenvalue weighted by molar-refractivity contribution is -0.160. The molecule has 1 aromatic heterocycles. The van der Waals surface area contributed by atoms with Crippen molar-refractivity contribution in [1.82, 2.24) is 9.78 Å². The van der Waals surface area contributed by atoms with Gasteiger partial charge in [0, 0.05) is 18.3 Å². The molecule has 8 atom stereocenters. The van der Waals surface area contributed by atoms with E-state index in [1.165, 1.54) is 51.4 Å². The van der Waals surface area contributed by atoms with Gasteiger partial charge in [-0.1, -0.05) is 20.3 Å². The number of aromatic nitrogens is 2. The van der Waals surface area contributed by atoms with E-state index in [0.29, 0.717) is 29.6 Å². The Hall–Kier alpha value is -1.16. The molecule has 4 aliphatic carbocycles. The minimum Gasteiger partial charge on any atom is -0.390 e. The zero-order chi connectivity index (χ0) is 21.9. The number of Topliss-reactive ketones (excluding diaryl/α,β-unsaturated/α-hetero) is 1. The van der Waals surface area contributed by atoms with Gasteiger partial charge in [0.1, 0.15) is 0 Å². The van der Waals surface area contributed by atoms with Crippen LogP contribution in [0.2, 0.25) is 0 Å². The summed E-state index contributed by atoms with van der Waals surface area (Å²) in [4.78, 5) is 13.3. The highest BCUT2D eigenvalue weighted by atomic mass is 16.3. The molecule has 0 bridgehead atoms. The van der Waals surface area contributed by atoms with Crippen molar-refractivity contribution in [2.24, 2.45) is 40.4 Å². The number of nitrogens with zero attached hydrogens (tertiary/aromatic N) is 2. The zero-order valence-electron chi connectivity index (χ0n) is 19.9. The van der Waals surface area contributed by atoms with Crippen LogP contribution in [0, 0.1) is 40.4 Å². The molecule has 0 saturated heterocycles. The number of rotatable bonds is 5. The molecular formula is C27H42N2O2. The summed E-state index contributed by atoms with van der Waals surface area (Å²) >= 11 is 0. The molecule has 0 radical (unpaired) electrons. The van der Waals surface area contributed by atoms with Crippen LogP contribution in [0.15, 0.2) is 18.5 Å². The first-order valence-corrected chi connectivity index (χ1v) is 13.0. The van der Waals surface area contributed by atoms with Crippen LogP contribution >= 0.6 is 0 Å². The zero-order valence-corrected chi connectivity index (χ0v) is 19.9. The lowest BCUT2D eigenvalue weighted by atomic mass is 9.42.